The highest BCUT2D eigenvalue weighted by molar-refractivity contribution is 5.93. The third-order valence-corrected chi connectivity index (χ3v) is 4.09. The lowest BCUT2D eigenvalue weighted by Gasteiger charge is -2.16. The summed E-state index contributed by atoms with van der Waals surface area (Å²) in [6.07, 6.45) is 0.828. The summed E-state index contributed by atoms with van der Waals surface area (Å²) in [5, 5.41) is 10.2. The molecule has 0 saturated carbocycles. The molecule has 3 aromatic rings. The number of carbonyl (C=O) groups excluding carboxylic acids is 1. The molecule has 0 saturated heterocycles. The Morgan fingerprint density at radius 2 is 1.83 bits per heavy atom. The summed E-state index contributed by atoms with van der Waals surface area (Å²) < 4.78 is 0. The van der Waals surface area contributed by atoms with Gasteiger partial charge in [-0.15, -0.1) is 0 Å². The third-order valence-electron chi connectivity index (χ3n) is 4.09. The van der Waals surface area contributed by atoms with Crippen LogP contribution in [0.3, 0.4) is 0 Å². The van der Waals surface area contributed by atoms with Crippen LogP contribution in [0.5, 0.6) is 0 Å². The molecular weight excluding hydrogens is 298 g/mol. The van der Waals surface area contributed by atoms with Crippen LogP contribution in [0.1, 0.15) is 41.0 Å². The van der Waals surface area contributed by atoms with Crippen molar-refractivity contribution >= 4 is 5.91 Å². The molecule has 0 radical (unpaired) electrons. The molecule has 3 rings (SSSR count). The SMILES string of the molecule is CCC(NC(=O)c1cc(-c2ccc(C)cc2)n[nH]1)c1ccccc1. The van der Waals surface area contributed by atoms with Gasteiger partial charge in [0.1, 0.15) is 5.69 Å². The Morgan fingerprint density at radius 3 is 2.50 bits per heavy atom. The van der Waals surface area contributed by atoms with Gasteiger partial charge in [-0.2, -0.15) is 5.10 Å². The number of nitrogens with one attached hydrogen (secondary N) is 2. The highest BCUT2D eigenvalue weighted by Crippen LogP contribution is 2.20. The molecule has 2 N–H and O–H groups in total. The van der Waals surface area contributed by atoms with Gasteiger partial charge in [0, 0.05) is 5.56 Å². The van der Waals surface area contributed by atoms with Crippen molar-refractivity contribution in [2.75, 3.05) is 0 Å². The lowest BCUT2D eigenvalue weighted by Crippen LogP contribution is -2.28. The number of aryl methyl sites for hydroxylation is 1. The minimum absolute atomic E-state index is 0.00942. The monoisotopic (exact) mass is 319 g/mol. The molecule has 0 bridgehead atoms. The topological polar surface area (TPSA) is 57.8 Å². The molecule has 1 amide bonds. The summed E-state index contributed by atoms with van der Waals surface area (Å²) in [6, 6.07) is 19.9. The molecule has 0 fully saturated rings. The zero-order valence-electron chi connectivity index (χ0n) is 13.9. The number of benzene rings is 2. The molecule has 0 aliphatic carbocycles. The lowest BCUT2D eigenvalue weighted by molar-refractivity contribution is 0.0930. The maximum atomic E-state index is 12.5. The molecule has 0 aliphatic heterocycles. The Bertz CT molecular complexity index is 806. The minimum Gasteiger partial charge on any atom is -0.344 e. The van der Waals surface area contributed by atoms with Gasteiger partial charge in [-0.1, -0.05) is 67.1 Å². The number of aromatic nitrogens is 2. The molecule has 24 heavy (non-hydrogen) atoms. The normalized spacial score (nSPS) is 11.9. The van der Waals surface area contributed by atoms with Crippen LogP contribution in [0.15, 0.2) is 60.7 Å². The predicted octanol–water partition coefficient (Wildman–Crippen LogP) is 4.27. The van der Waals surface area contributed by atoms with Gasteiger partial charge in [0.05, 0.1) is 11.7 Å². The third kappa shape index (κ3) is 3.54. The van der Waals surface area contributed by atoms with Gasteiger partial charge in [0.25, 0.3) is 5.91 Å². The van der Waals surface area contributed by atoms with Crippen molar-refractivity contribution in [3.05, 3.63) is 77.5 Å². The first-order valence-corrected chi connectivity index (χ1v) is 8.15. The molecule has 1 aromatic heterocycles. The van der Waals surface area contributed by atoms with Crippen LogP contribution in [0.25, 0.3) is 11.3 Å². The van der Waals surface area contributed by atoms with E-state index in [9.17, 15) is 4.79 Å². The van der Waals surface area contributed by atoms with E-state index in [1.165, 1.54) is 5.56 Å². The molecule has 1 unspecified atom stereocenters. The number of nitrogens with zero attached hydrogens (tertiary/aromatic N) is 1. The number of carbonyl (C=O) groups is 1. The first-order chi connectivity index (χ1) is 11.7. The van der Waals surface area contributed by atoms with E-state index in [1.807, 2.05) is 61.5 Å². The second kappa shape index (κ2) is 7.13. The fourth-order valence-corrected chi connectivity index (χ4v) is 2.65. The number of hydrogen-bond acceptors (Lipinski definition) is 2. The first-order valence-electron chi connectivity index (χ1n) is 8.15. The summed E-state index contributed by atoms with van der Waals surface area (Å²) in [5.74, 6) is -0.142. The minimum atomic E-state index is -0.142. The van der Waals surface area contributed by atoms with Crippen molar-refractivity contribution in [3.8, 4) is 11.3 Å². The van der Waals surface area contributed by atoms with E-state index in [0.717, 1.165) is 23.2 Å². The van der Waals surface area contributed by atoms with Crippen molar-refractivity contribution in [1.82, 2.24) is 15.5 Å². The largest absolute Gasteiger partial charge is 0.344 e. The van der Waals surface area contributed by atoms with Crippen LogP contribution in [-0.4, -0.2) is 16.1 Å². The zero-order valence-corrected chi connectivity index (χ0v) is 13.9. The zero-order chi connectivity index (χ0) is 16.9. The first kappa shape index (κ1) is 16.0. The number of H-pyrrole nitrogens is 1. The van der Waals surface area contributed by atoms with E-state index in [-0.39, 0.29) is 11.9 Å². The molecule has 1 heterocycles. The molecule has 1 atom stereocenters. The van der Waals surface area contributed by atoms with Crippen LogP contribution in [0.2, 0.25) is 0 Å². The van der Waals surface area contributed by atoms with Gasteiger partial charge < -0.3 is 5.32 Å². The quantitative estimate of drug-likeness (QED) is 0.738. The van der Waals surface area contributed by atoms with Crippen LogP contribution in [-0.2, 0) is 0 Å². The summed E-state index contributed by atoms with van der Waals surface area (Å²) in [7, 11) is 0. The van der Waals surface area contributed by atoms with Crippen molar-refractivity contribution in [2.24, 2.45) is 0 Å². The highest BCUT2D eigenvalue weighted by Gasteiger charge is 2.16. The van der Waals surface area contributed by atoms with E-state index < -0.39 is 0 Å². The van der Waals surface area contributed by atoms with Gasteiger partial charge in [-0.25, -0.2) is 0 Å². The second-order valence-corrected chi connectivity index (χ2v) is 5.88. The second-order valence-electron chi connectivity index (χ2n) is 5.88. The lowest BCUT2D eigenvalue weighted by atomic mass is 10.0. The van der Waals surface area contributed by atoms with E-state index in [4.69, 9.17) is 0 Å². The Morgan fingerprint density at radius 1 is 1.12 bits per heavy atom. The van der Waals surface area contributed by atoms with E-state index >= 15 is 0 Å². The van der Waals surface area contributed by atoms with Crippen LogP contribution in [0.4, 0.5) is 0 Å². The summed E-state index contributed by atoms with van der Waals surface area (Å²) in [5.41, 5.74) is 4.53. The molecule has 4 nitrogen and oxygen atoms in total. The Kier molecular flexibility index (Phi) is 4.75. The van der Waals surface area contributed by atoms with Gasteiger partial charge in [-0.3, -0.25) is 9.89 Å². The maximum absolute atomic E-state index is 12.5. The number of hydrogen-bond donors (Lipinski definition) is 2. The molecule has 2 aromatic carbocycles. The highest BCUT2D eigenvalue weighted by atomic mass is 16.2. The summed E-state index contributed by atoms with van der Waals surface area (Å²) in [4.78, 5) is 12.5. The summed E-state index contributed by atoms with van der Waals surface area (Å²) in [6.45, 7) is 4.10. The van der Waals surface area contributed by atoms with Crippen molar-refractivity contribution in [3.63, 3.8) is 0 Å². The maximum Gasteiger partial charge on any atom is 0.269 e. The van der Waals surface area contributed by atoms with Gasteiger partial charge >= 0.3 is 0 Å². The van der Waals surface area contributed by atoms with Gasteiger partial charge in [-0.05, 0) is 25.0 Å². The fourth-order valence-electron chi connectivity index (χ4n) is 2.65. The molecule has 0 aliphatic rings. The van der Waals surface area contributed by atoms with Gasteiger partial charge in [0.15, 0.2) is 0 Å². The standard InChI is InChI=1S/C20H21N3O/c1-3-17(15-7-5-4-6-8-15)21-20(24)19-13-18(22-23-19)16-11-9-14(2)10-12-16/h4-13,17H,3H2,1-2H3,(H,21,24)(H,22,23). The van der Waals surface area contributed by atoms with Crippen LogP contribution >= 0.6 is 0 Å². The Labute approximate surface area is 141 Å². The average molecular weight is 319 g/mol. The van der Waals surface area contributed by atoms with Crippen molar-refractivity contribution in [1.29, 1.82) is 0 Å². The fraction of sp³-hybridized carbons (Fsp3) is 0.200. The van der Waals surface area contributed by atoms with E-state index in [2.05, 4.69) is 22.4 Å². The number of amides is 1. The molecule has 4 heteroatoms. The van der Waals surface area contributed by atoms with Crippen molar-refractivity contribution < 1.29 is 4.79 Å². The Hall–Kier alpha value is -2.88. The summed E-state index contributed by atoms with van der Waals surface area (Å²) >= 11 is 0. The average Bonchev–Trinajstić information content (AvgIpc) is 3.11. The van der Waals surface area contributed by atoms with E-state index in [1.54, 1.807) is 6.07 Å². The van der Waals surface area contributed by atoms with Gasteiger partial charge in [0.2, 0.25) is 0 Å². The van der Waals surface area contributed by atoms with Crippen molar-refractivity contribution in [2.45, 2.75) is 26.3 Å². The number of aromatic amines is 1. The van der Waals surface area contributed by atoms with Crippen LogP contribution in [0, 0.1) is 6.92 Å². The predicted molar refractivity (Wildman–Crippen MR) is 95.7 cm³/mol. The van der Waals surface area contributed by atoms with E-state index in [0.29, 0.717) is 5.69 Å². The number of rotatable bonds is 5. The molecule has 122 valence electrons. The smallest absolute Gasteiger partial charge is 0.269 e. The Balaban J connectivity index is 1.75. The molecule has 0 spiro atoms. The van der Waals surface area contributed by atoms with Crippen LogP contribution < -0.4 is 5.32 Å². The molecular formula is C20H21N3O.